The predicted octanol–water partition coefficient (Wildman–Crippen LogP) is 4.63. The van der Waals surface area contributed by atoms with Crippen molar-refractivity contribution in [2.45, 2.75) is 77.2 Å². The van der Waals surface area contributed by atoms with Gasteiger partial charge < -0.3 is 9.47 Å². The van der Waals surface area contributed by atoms with Crippen molar-refractivity contribution >= 4 is 32.0 Å². The van der Waals surface area contributed by atoms with E-state index >= 15 is 0 Å². The zero-order valence-corrected chi connectivity index (χ0v) is 23.1. The van der Waals surface area contributed by atoms with Crippen LogP contribution in [0.1, 0.15) is 59.4 Å². The fraction of sp³-hybridized carbons (Fsp3) is 0.571. The van der Waals surface area contributed by atoms with Gasteiger partial charge in [0.1, 0.15) is 11.2 Å². The minimum Gasteiger partial charge on any atom is -0.443 e. The van der Waals surface area contributed by atoms with Gasteiger partial charge in [0.15, 0.2) is 0 Å². The van der Waals surface area contributed by atoms with Crippen LogP contribution >= 0.6 is 19.8 Å². The second-order valence-corrected chi connectivity index (χ2v) is 9.15. The third kappa shape index (κ3) is 6.62. The average Bonchev–Trinajstić information content (AvgIpc) is 3.10. The monoisotopic (exact) mass is 544 g/mol. The maximum absolute atomic E-state index is 12.9. The van der Waals surface area contributed by atoms with Crippen LogP contribution in [0.2, 0.25) is 0 Å². The molecule has 0 N–H and O–H groups in total. The molecule has 30 heavy (non-hydrogen) atoms. The van der Waals surface area contributed by atoms with Gasteiger partial charge in [0.2, 0.25) is 0 Å². The Balaban J connectivity index is 0.00000280. The Morgan fingerprint density at radius 2 is 1.37 bits per heavy atom. The molecule has 1 saturated heterocycles. The number of hydrogen-bond donors (Lipinski definition) is 0. The van der Waals surface area contributed by atoms with E-state index in [2.05, 4.69) is 6.42 Å². The summed E-state index contributed by atoms with van der Waals surface area (Å²) in [6.07, 6.45) is 1.77. The first-order chi connectivity index (χ1) is 12.5. The molecule has 2 bridgehead atoms. The zero-order chi connectivity index (χ0) is 20.0. The number of amides is 2. The molecule has 0 spiro atoms. The van der Waals surface area contributed by atoms with Gasteiger partial charge in [-0.15, -0.1) is 5.92 Å². The standard InChI is InChI=1S/C21H29N2O4.2H3P.Rh/c1-20(2,3)26-18(24)22-15-12-16(14-10-8-7-9-11-14)17(13-15)23(22)19(25)27-21(4,5)6;;;/h7-12,15-17H,13H2,1-6H3;2*1H3;/q-1;;;. The van der Waals surface area contributed by atoms with Crippen molar-refractivity contribution in [3.05, 3.63) is 42.3 Å². The number of rotatable bonds is 1. The molecule has 1 aliphatic carbocycles. The van der Waals surface area contributed by atoms with E-state index in [-0.39, 0.29) is 57.3 Å². The minimum absolute atomic E-state index is 0. The first kappa shape index (κ1) is 29.2. The van der Waals surface area contributed by atoms with Gasteiger partial charge in [-0.3, -0.25) is 6.42 Å². The second kappa shape index (κ2) is 10.7. The average molecular weight is 544 g/mol. The third-order valence-corrected chi connectivity index (χ3v) is 4.53. The van der Waals surface area contributed by atoms with Gasteiger partial charge in [-0.05, 0) is 48.0 Å². The number of benzene rings is 1. The summed E-state index contributed by atoms with van der Waals surface area (Å²) in [5, 5.41) is 2.88. The van der Waals surface area contributed by atoms with Crippen LogP contribution < -0.4 is 0 Å². The molecule has 2 aliphatic rings. The molecule has 6 nitrogen and oxygen atoms in total. The fourth-order valence-electron chi connectivity index (χ4n) is 3.67. The maximum atomic E-state index is 12.9. The van der Waals surface area contributed by atoms with E-state index in [1.807, 2.05) is 71.9 Å². The topological polar surface area (TPSA) is 59.1 Å². The van der Waals surface area contributed by atoms with Crippen LogP contribution in [0.3, 0.4) is 0 Å². The summed E-state index contributed by atoms with van der Waals surface area (Å²) in [5.41, 5.74) is -0.163. The summed E-state index contributed by atoms with van der Waals surface area (Å²) in [7, 11) is 0. The molecule has 3 rings (SSSR count). The number of carbonyl (C=O) groups excluding carboxylic acids is 2. The SMILES string of the molecule is CC(C)(C)OC(=O)N1C2[CH-]C(c3ccccc3)C(C2)N1C(=O)OC(C)(C)C.P.P.[Rh]. The molecule has 2 fully saturated rings. The smallest absolute Gasteiger partial charge is 0.429 e. The molecule has 1 aliphatic heterocycles. The van der Waals surface area contributed by atoms with Gasteiger partial charge in [-0.1, -0.05) is 41.9 Å². The Hall–Kier alpha value is -0.757. The molecule has 2 amide bonds. The molecular weight excluding hydrogens is 509 g/mol. The van der Waals surface area contributed by atoms with Crippen LogP contribution in [0.15, 0.2) is 30.3 Å². The molecule has 1 radical (unpaired) electrons. The van der Waals surface area contributed by atoms with Gasteiger partial charge in [-0.25, -0.2) is 19.6 Å². The van der Waals surface area contributed by atoms with Crippen LogP contribution in [0.4, 0.5) is 9.59 Å². The number of hydrogen-bond acceptors (Lipinski definition) is 4. The van der Waals surface area contributed by atoms with Crippen molar-refractivity contribution in [2.75, 3.05) is 0 Å². The van der Waals surface area contributed by atoms with Crippen LogP contribution in [0, 0.1) is 6.42 Å². The van der Waals surface area contributed by atoms with E-state index in [9.17, 15) is 9.59 Å². The summed E-state index contributed by atoms with van der Waals surface area (Å²) in [6, 6.07) is 9.68. The Kier molecular flexibility index (Phi) is 10.4. The first-order valence-corrected chi connectivity index (χ1v) is 9.40. The fourth-order valence-corrected chi connectivity index (χ4v) is 3.67. The van der Waals surface area contributed by atoms with E-state index < -0.39 is 23.4 Å². The summed E-state index contributed by atoms with van der Waals surface area (Å²) in [6.45, 7) is 10.9. The van der Waals surface area contributed by atoms with Crippen LogP contribution in [-0.4, -0.2) is 45.5 Å². The normalized spacial score (nSPS) is 22.4. The Morgan fingerprint density at radius 1 is 0.900 bits per heavy atom. The summed E-state index contributed by atoms with van der Waals surface area (Å²) >= 11 is 0. The van der Waals surface area contributed by atoms with Crippen molar-refractivity contribution in [2.24, 2.45) is 0 Å². The molecule has 5 unspecified atom stereocenters. The first-order valence-electron chi connectivity index (χ1n) is 9.40. The minimum atomic E-state index is -0.648. The molecule has 173 valence electrons. The van der Waals surface area contributed by atoms with Gasteiger partial charge in [0.25, 0.3) is 0 Å². The molecule has 5 atom stereocenters. The van der Waals surface area contributed by atoms with Gasteiger partial charge in [0.05, 0.1) is 0 Å². The van der Waals surface area contributed by atoms with Gasteiger partial charge in [-0.2, -0.15) is 19.8 Å². The third-order valence-electron chi connectivity index (χ3n) is 4.53. The van der Waals surface area contributed by atoms with E-state index in [1.54, 1.807) is 0 Å². The van der Waals surface area contributed by atoms with E-state index in [0.717, 1.165) is 5.56 Å². The zero-order valence-electron chi connectivity index (χ0n) is 18.7. The Morgan fingerprint density at radius 3 is 1.83 bits per heavy atom. The molecule has 1 aromatic rings. The van der Waals surface area contributed by atoms with Crippen molar-refractivity contribution < 1.29 is 38.5 Å². The van der Waals surface area contributed by atoms with Crippen LogP contribution in [-0.2, 0) is 29.0 Å². The van der Waals surface area contributed by atoms with E-state index in [1.165, 1.54) is 10.0 Å². The van der Waals surface area contributed by atoms with E-state index in [4.69, 9.17) is 9.47 Å². The van der Waals surface area contributed by atoms with Crippen molar-refractivity contribution in [1.29, 1.82) is 0 Å². The molecular formula is C21H35N2O4P2Rh-. The van der Waals surface area contributed by atoms with E-state index in [0.29, 0.717) is 6.42 Å². The molecule has 1 aromatic carbocycles. The summed E-state index contributed by atoms with van der Waals surface area (Å²) < 4.78 is 11.1. The van der Waals surface area contributed by atoms with Gasteiger partial charge in [0, 0.05) is 25.5 Å². The molecule has 0 aromatic heterocycles. The predicted molar refractivity (Wildman–Crippen MR) is 124 cm³/mol. The number of hydrazine groups is 1. The molecule has 9 heteroatoms. The Labute approximate surface area is 199 Å². The molecule has 1 heterocycles. The number of fused-ring (bicyclic) bond motifs is 2. The number of carbonyl (C=O) groups is 2. The number of nitrogens with zero attached hydrogens (tertiary/aromatic N) is 2. The second-order valence-electron chi connectivity index (χ2n) is 9.15. The summed E-state index contributed by atoms with van der Waals surface area (Å²) in [4.78, 5) is 25.8. The van der Waals surface area contributed by atoms with Crippen molar-refractivity contribution in [3.63, 3.8) is 0 Å². The summed E-state index contributed by atoms with van der Waals surface area (Å²) in [5.74, 6) is 0.0578. The largest absolute Gasteiger partial charge is 0.443 e. The van der Waals surface area contributed by atoms with Crippen molar-refractivity contribution in [1.82, 2.24) is 10.0 Å². The van der Waals surface area contributed by atoms with Gasteiger partial charge >= 0.3 is 12.2 Å². The van der Waals surface area contributed by atoms with Crippen LogP contribution in [0.25, 0.3) is 0 Å². The Bertz CT molecular complexity index is 722. The van der Waals surface area contributed by atoms with Crippen LogP contribution in [0.5, 0.6) is 0 Å². The van der Waals surface area contributed by atoms with Crippen molar-refractivity contribution in [3.8, 4) is 0 Å². The quantitative estimate of drug-likeness (QED) is 0.294. The molecule has 1 saturated carbocycles. The maximum Gasteiger partial charge on any atom is 0.429 e. The number of ether oxygens (including phenoxy) is 2.